The number of carbonyl (C=O) groups excluding carboxylic acids is 2. The molecule has 0 bridgehead atoms. The number of rotatable bonds is 9. The van der Waals surface area contributed by atoms with E-state index in [0.717, 1.165) is 25.5 Å². The highest BCUT2D eigenvalue weighted by molar-refractivity contribution is 6.34. The van der Waals surface area contributed by atoms with Gasteiger partial charge in [-0.3, -0.25) is 4.79 Å². The molecule has 0 unspecified atom stereocenters. The highest BCUT2D eigenvalue weighted by Gasteiger charge is 2.62. The molecule has 0 atom stereocenters. The summed E-state index contributed by atoms with van der Waals surface area (Å²) in [4.78, 5) is 30.6. The summed E-state index contributed by atoms with van der Waals surface area (Å²) < 4.78 is 102. The van der Waals surface area contributed by atoms with Crippen molar-refractivity contribution in [2.45, 2.75) is 57.0 Å². The Kier molecular flexibility index (Phi) is 9.34. The lowest BCUT2D eigenvalue weighted by Gasteiger charge is -2.26. The van der Waals surface area contributed by atoms with E-state index < -0.39 is 59.6 Å². The third-order valence-corrected chi connectivity index (χ3v) is 6.28. The minimum atomic E-state index is -6.20. The second kappa shape index (κ2) is 12.1. The number of carbonyl (C=O) groups is 2. The number of imide groups is 1. The van der Waals surface area contributed by atoms with E-state index in [2.05, 4.69) is 14.8 Å². The van der Waals surface area contributed by atoms with Gasteiger partial charge in [0.25, 0.3) is 5.91 Å². The van der Waals surface area contributed by atoms with Crippen LogP contribution in [0.3, 0.4) is 0 Å². The van der Waals surface area contributed by atoms with Gasteiger partial charge in [0.05, 0.1) is 22.8 Å². The third-order valence-electron chi connectivity index (χ3n) is 5.95. The van der Waals surface area contributed by atoms with Crippen molar-refractivity contribution in [2.24, 2.45) is 17.8 Å². The van der Waals surface area contributed by atoms with Gasteiger partial charge in [-0.05, 0) is 44.4 Å². The molecule has 1 fully saturated rings. The summed E-state index contributed by atoms with van der Waals surface area (Å²) in [5.41, 5.74) is 1.68. The van der Waals surface area contributed by atoms with Crippen molar-refractivity contribution in [3.63, 3.8) is 0 Å². The number of halogens is 8. The lowest BCUT2D eigenvalue weighted by molar-refractivity contribution is -0.291. The van der Waals surface area contributed by atoms with E-state index in [9.17, 15) is 45.6 Å². The van der Waals surface area contributed by atoms with E-state index in [1.54, 1.807) is 0 Å². The molecule has 232 valence electrons. The summed E-state index contributed by atoms with van der Waals surface area (Å²) in [6.07, 6.45) is -5.87. The summed E-state index contributed by atoms with van der Waals surface area (Å²) in [7, 11) is 0.861. The molecule has 2 aromatic rings. The monoisotopic (exact) mass is 638 g/mol. The fourth-order valence-corrected chi connectivity index (χ4v) is 3.92. The first-order valence-electron chi connectivity index (χ1n) is 12.1. The highest BCUT2D eigenvalue weighted by Crippen LogP contribution is 2.49. The number of nitrogens with two attached hydrogens (primary N) is 1. The molecular weight excluding hydrogens is 617 g/mol. The quantitative estimate of drug-likeness (QED) is 0.260. The Morgan fingerprint density at radius 3 is 2.37 bits per heavy atom. The van der Waals surface area contributed by atoms with E-state index in [1.165, 1.54) is 26.0 Å². The van der Waals surface area contributed by atoms with Gasteiger partial charge in [0, 0.05) is 25.0 Å². The van der Waals surface area contributed by atoms with Gasteiger partial charge in [0.2, 0.25) is 0 Å². The van der Waals surface area contributed by atoms with Gasteiger partial charge in [-0.1, -0.05) is 17.7 Å². The van der Waals surface area contributed by atoms with Crippen LogP contribution in [0.25, 0.3) is 5.57 Å². The highest BCUT2D eigenvalue weighted by atomic mass is 35.5. The second-order valence-electron chi connectivity index (χ2n) is 9.37. The van der Waals surface area contributed by atoms with Gasteiger partial charge in [0.15, 0.2) is 17.3 Å². The molecule has 2 N–H and O–H groups in total. The molecule has 1 heterocycles. The normalized spacial score (nSPS) is 15.1. The predicted molar refractivity (Wildman–Crippen MR) is 137 cm³/mol. The van der Waals surface area contributed by atoms with Crippen LogP contribution < -0.4 is 10.5 Å². The van der Waals surface area contributed by atoms with Crippen molar-refractivity contribution in [3.8, 4) is 11.8 Å². The number of hydrogen-bond donors (Lipinski definition) is 1. The van der Waals surface area contributed by atoms with Crippen LogP contribution in [0.2, 0.25) is 5.02 Å². The average Bonchev–Trinajstić information content (AvgIpc) is 3.62. The van der Waals surface area contributed by atoms with Gasteiger partial charge in [-0.25, -0.2) is 19.4 Å². The van der Waals surface area contributed by atoms with E-state index in [0.29, 0.717) is 9.58 Å². The smallest absolute Gasteiger partial charge is 0.446 e. The van der Waals surface area contributed by atoms with Crippen LogP contribution in [-0.2, 0) is 17.7 Å². The predicted octanol–water partition coefficient (Wildman–Crippen LogP) is 6.07. The Hall–Kier alpha value is -4.33. The number of aryl methyl sites for hydroxylation is 1. The molecule has 0 saturated heterocycles. The maximum atomic E-state index is 14.1. The molecular formula is C25H22ClF7N6O4. The molecule has 18 heteroatoms. The number of hydrogen-bond acceptors (Lipinski definition) is 8. The number of alkyl halides is 7. The Morgan fingerprint density at radius 2 is 1.88 bits per heavy atom. The number of aromatic nitrogens is 2. The number of aliphatic imine (C=N–C) groups is 1. The zero-order valence-electron chi connectivity index (χ0n) is 22.4. The number of amides is 2. The molecule has 1 aromatic heterocycles. The summed E-state index contributed by atoms with van der Waals surface area (Å²) >= 11 is 6.22. The fourth-order valence-electron chi connectivity index (χ4n) is 3.72. The first-order chi connectivity index (χ1) is 19.9. The summed E-state index contributed by atoms with van der Waals surface area (Å²) in [5.74, 6) is -9.25. The van der Waals surface area contributed by atoms with E-state index >= 15 is 0 Å². The standard InChI is InChI=1S/C25H22ClF7N6O4/c1-12(2)42-22(41)39(23(11-35)6-7-23)20(40)15-8-13(4-5-16(15)26)14(9-34)10-36-19-17(43-21(27)28)18(37-38(19)3)24(29,30)25(31,32)33/h4-5,8-10,12,21H,6-7,34H2,1-3H3. The van der Waals surface area contributed by atoms with Crippen LogP contribution in [0, 0.1) is 11.3 Å². The molecule has 1 aliphatic rings. The van der Waals surface area contributed by atoms with Crippen LogP contribution in [0.15, 0.2) is 29.4 Å². The van der Waals surface area contributed by atoms with Crippen LogP contribution in [0.1, 0.15) is 48.3 Å². The Labute approximate surface area is 244 Å². The molecule has 2 amide bonds. The first kappa shape index (κ1) is 33.2. The maximum Gasteiger partial charge on any atom is 0.459 e. The maximum absolute atomic E-state index is 14.1. The average molecular weight is 639 g/mol. The summed E-state index contributed by atoms with van der Waals surface area (Å²) in [5, 5.41) is 12.5. The fraction of sp³-hybridized carbons (Fsp3) is 0.400. The molecule has 3 rings (SSSR count). The SMILES string of the molecule is CC(C)OC(=O)N(C(=O)c1cc(C(C=Nc2c(OC(F)F)c(C(F)(F)C(F)(F)F)nn2C)=CN)ccc1Cl)C1(C#N)CC1. The lowest BCUT2D eigenvalue weighted by Crippen LogP contribution is -2.47. The van der Waals surface area contributed by atoms with Crippen molar-refractivity contribution < 1.29 is 49.8 Å². The molecule has 0 radical (unpaired) electrons. The molecule has 0 aliphatic heterocycles. The van der Waals surface area contributed by atoms with E-state index in [-0.39, 0.29) is 34.6 Å². The number of benzene rings is 1. The van der Waals surface area contributed by atoms with Crippen molar-refractivity contribution in [1.29, 1.82) is 5.26 Å². The largest absolute Gasteiger partial charge is 0.459 e. The summed E-state index contributed by atoms with van der Waals surface area (Å²) in [6.45, 7) is -0.750. The molecule has 0 spiro atoms. The number of ether oxygens (including phenoxy) is 2. The molecule has 1 saturated carbocycles. The van der Waals surface area contributed by atoms with Gasteiger partial charge in [0.1, 0.15) is 5.54 Å². The van der Waals surface area contributed by atoms with Crippen molar-refractivity contribution in [3.05, 3.63) is 46.2 Å². The lowest BCUT2D eigenvalue weighted by atomic mass is 10.0. The van der Waals surface area contributed by atoms with Crippen LogP contribution in [-0.4, -0.2) is 57.3 Å². The van der Waals surface area contributed by atoms with E-state index in [4.69, 9.17) is 22.1 Å². The third kappa shape index (κ3) is 6.69. The topological polar surface area (TPSA) is 136 Å². The molecule has 1 aromatic carbocycles. The number of allylic oxidation sites excluding steroid dienone is 1. The first-order valence-corrected chi connectivity index (χ1v) is 12.5. The van der Waals surface area contributed by atoms with Gasteiger partial charge >= 0.3 is 24.8 Å². The zero-order valence-corrected chi connectivity index (χ0v) is 23.2. The summed E-state index contributed by atoms with van der Waals surface area (Å²) in [6, 6.07) is 5.59. The molecule has 1 aliphatic carbocycles. The minimum absolute atomic E-state index is 0.0531. The van der Waals surface area contributed by atoms with Crippen molar-refractivity contribution >= 4 is 41.2 Å². The Morgan fingerprint density at radius 1 is 1.26 bits per heavy atom. The second-order valence-corrected chi connectivity index (χ2v) is 9.77. The molecule has 43 heavy (non-hydrogen) atoms. The van der Waals surface area contributed by atoms with Crippen molar-refractivity contribution in [1.82, 2.24) is 14.7 Å². The van der Waals surface area contributed by atoms with Gasteiger partial charge in [-0.15, -0.1) is 0 Å². The number of nitriles is 1. The van der Waals surface area contributed by atoms with Crippen LogP contribution in [0.4, 0.5) is 41.3 Å². The van der Waals surface area contributed by atoms with E-state index in [1.807, 2.05) is 6.07 Å². The van der Waals surface area contributed by atoms with Gasteiger partial charge in [-0.2, -0.15) is 41.1 Å². The van der Waals surface area contributed by atoms with Crippen LogP contribution >= 0.6 is 11.6 Å². The molecule has 10 nitrogen and oxygen atoms in total. The van der Waals surface area contributed by atoms with Gasteiger partial charge < -0.3 is 15.2 Å². The Bertz CT molecular complexity index is 1510. The Balaban J connectivity index is 2.05. The minimum Gasteiger partial charge on any atom is -0.446 e. The van der Waals surface area contributed by atoms with Crippen molar-refractivity contribution in [2.75, 3.05) is 0 Å². The zero-order chi connectivity index (χ0) is 32.5. The number of nitrogens with zero attached hydrogens (tertiary/aromatic N) is 5. The van der Waals surface area contributed by atoms with Crippen LogP contribution in [0.5, 0.6) is 5.75 Å².